The molecule has 0 heterocycles. The first kappa shape index (κ1) is 33.6. The summed E-state index contributed by atoms with van der Waals surface area (Å²) in [5.41, 5.74) is -13.0. The summed E-state index contributed by atoms with van der Waals surface area (Å²) in [5.74, 6) is -62.8. The highest BCUT2D eigenvalue weighted by Crippen LogP contribution is 2.58. The van der Waals surface area contributed by atoms with Crippen LogP contribution in [-0.4, -0.2) is 7.12 Å². The number of benzene rings is 4. The van der Waals surface area contributed by atoms with Crippen LogP contribution in [0, 0.1) is 98.9 Å². The van der Waals surface area contributed by atoms with E-state index in [1.807, 2.05) is 0 Å². The molecule has 0 spiro atoms. The van der Waals surface area contributed by atoms with E-state index in [0.29, 0.717) is 0 Å². The van der Waals surface area contributed by atoms with Crippen molar-refractivity contribution in [2.75, 3.05) is 0 Å². The topological polar surface area (TPSA) is 18.5 Å². The second-order valence-corrected chi connectivity index (χ2v) is 9.05. The third-order valence-corrected chi connectivity index (χ3v) is 6.53. The predicted molar refractivity (Wildman–Crippen MR) is 114 cm³/mol. The second-order valence-electron chi connectivity index (χ2n) is 9.05. The number of hydrogen-bond donors (Lipinski definition) is 0. The third-order valence-electron chi connectivity index (χ3n) is 6.53. The highest BCUT2D eigenvalue weighted by molar-refractivity contribution is 6.63. The highest BCUT2D eigenvalue weighted by Gasteiger charge is 2.56. The molecule has 0 aromatic heterocycles. The van der Waals surface area contributed by atoms with Crippen molar-refractivity contribution in [3.05, 3.63) is 110 Å². The summed E-state index contributed by atoms with van der Waals surface area (Å²) in [5, 5.41) is 0. The second kappa shape index (κ2) is 10.9. The minimum Gasteiger partial charge on any atom is -0.519 e. The molecule has 0 N–H and O–H groups in total. The van der Waals surface area contributed by atoms with Gasteiger partial charge < -0.3 is 9.31 Å². The van der Waals surface area contributed by atoms with Gasteiger partial charge in [0.25, 0.3) is 0 Å². The fourth-order valence-electron chi connectivity index (χ4n) is 4.44. The first-order valence-corrected chi connectivity index (χ1v) is 11.5. The van der Waals surface area contributed by atoms with E-state index in [2.05, 4.69) is 9.31 Å². The number of alkyl halides is 2. The summed E-state index contributed by atoms with van der Waals surface area (Å²) in [6.07, 6.45) is 0. The predicted octanol–water partition coefficient (Wildman–Crippen LogP) is 8.03. The fourth-order valence-corrected chi connectivity index (χ4v) is 4.44. The third kappa shape index (κ3) is 4.46. The van der Waals surface area contributed by atoms with E-state index in [-0.39, 0.29) is 0 Å². The lowest BCUT2D eigenvalue weighted by molar-refractivity contribution is 0.0404. The molecule has 0 atom stereocenters. The van der Waals surface area contributed by atoms with E-state index in [0.717, 1.165) is 0 Å². The molecular formula is C25BF19O2. The summed E-state index contributed by atoms with van der Waals surface area (Å²) in [7, 11) is -4.15. The summed E-state index contributed by atoms with van der Waals surface area (Å²) < 4.78 is 282. The normalized spacial score (nSPS) is 13.2. The van der Waals surface area contributed by atoms with E-state index in [4.69, 9.17) is 0 Å². The van der Waals surface area contributed by atoms with Crippen LogP contribution >= 0.6 is 0 Å². The van der Waals surface area contributed by atoms with Crippen molar-refractivity contribution >= 4 is 12.6 Å². The van der Waals surface area contributed by atoms with Crippen molar-refractivity contribution in [1.82, 2.24) is 0 Å². The standard InChI is InChI=1S/C25BF19O2/c27-6-1-2-4(25(44,45)3(1)8(29)13(34)11(6)32)23(20(41)12(33)7(2)28)46-26(5-9(30)14(35)16(37)15(36)10(5)31)47-24-21(42)18(39)17(38)19(40)22(24)43. The van der Waals surface area contributed by atoms with Crippen LogP contribution < -0.4 is 14.8 Å². The Kier molecular flexibility index (Phi) is 7.78. The Morgan fingerprint density at radius 3 is 1.09 bits per heavy atom. The quantitative estimate of drug-likeness (QED) is 0.0908. The van der Waals surface area contributed by atoms with Crippen LogP contribution in [0.1, 0.15) is 11.1 Å². The maximum Gasteiger partial charge on any atom is 0.639 e. The molecule has 0 fully saturated rings. The molecule has 0 radical (unpaired) electrons. The highest BCUT2D eigenvalue weighted by atomic mass is 19.3. The zero-order valence-corrected chi connectivity index (χ0v) is 21.1. The number of rotatable bonds is 5. The Labute approximate surface area is 244 Å². The average Bonchev–Trinajstić information content (AvgIpc) is 3.28. The van der Waals surface area contributed by atoms with Gasteiger partial charge in [0.2, 0.25) is 34.9 Å². The van der Waals surface area contributed by atoms with Crippen LogP contribution in [-0.2, 0) is 5.92 Å². The van der Waals surface area contributed by atoms with Gasteiger partial charge in [-0.15, -0.1) is 0 Å². The van der Waals surface area contributed by atoms with E-state index in [1.54, 1.807) is 0 Å². The van der Waals surface area contributed by atoms with Crippen LogP contribution in [0.4, 0.5) is 83.4 Å². The average molecular weight is 704 g/mol. The van der Waals surface area contributed by atoms with Gasteiger partial charge in [0.15, 0.2) is 75.5 Å². The number of halogens is 19. The molecule has 47 heavy (non-hydrogen) atoms. The smallest absolute Gasteiger partial charge is 0.519 e. The first-order chi connectivity index (χ1) is 21.7. The number of fused-ring (bicyclic) bond motifs is 3. The zero-order valence-electron chi connectivity index (χ0n) is 21.1. The summed E-state index contributed by atoms with van der Waals surface area (Å²) >= 11 is 0. The molecule has 0 amide bonds. The molecule has 1 aliphatic carbocycles. The van der Waals surface area contributed by atoms with Crippen molar-refractivity contribution in [2.24, 2.45) is 0 Å². The molecule has 4 aromatic carbocycles. The number of hydrogen-bond acceptors (Lipinski definition) is 2. The molecule has 1 aliphatic rings. The van der Waals surface area contributed by atoms with Crippen LogP contribution in [0.15, 0.2) is 0 Å². The van der Waals surface area contributed by atoms with Gasteiger partial charge in [-0.1, -0.05) is 0 Å². The Morgan fingerprint density at radius 2 is 0.617 bits per heavy atom. The summed E-state index contributed by atoms with van der Waals surface area (Å²) in [6, 6.07) is 0. The lowest BCUT2D eigenvalue weighted by Crippen LogP contribution is -2.48. The van der Waals surface area contributed by atoms with Gasteiger partial charge >= 0.3 is 13.0 Å². The Morgan fingerprint density at radius 1 is 0.319 bits per heavy atom. The van der Waals surface area contributed by atoms with E-state index < -0.39 is 151 Å². The molecule has 0 bridgehead atoms. The van der Waals surface area contributed by atoms with Gasteiger partial charge in [0, 0.05) is 11.1 Å². The largest absolute Gasteiger partial charge is 0.639 e. The van der Waals surface area contributed by atoms with Gasteiger partial charge in [0.05, 0.1) is 16.6 Å². The molecule has 0 saturated heterocycles. The molecule has 4 aromatic rings. The first-order valence-electron chi connectivity index (χ1n) is 11.5. The van der Waals surface area contributed by atoms with Crippen molar-refractivity contribution in [2.45, 2.75) is 5.92 Å². The SMILES string of the molecule is Fc1c(F)c(F)c(OB(Oc2c(F)c(F)c(F)c3c2C(F)(F)c2c(F)c(F)c(F)c(F)c2-3)c2c(F)c(F)c(F)c(F)c2F)c(F)c1F. The monoisotopic (exact) mass is 704 g/mol. The molecule has 22 heteroatoms. The van der Waals surface area contributed by atoms with Gasteiger partial charge in [0.1, 0.15) is 0 Å². The van der Waals surface area contributed by atoms with Gasteiger partial charge in [-0.2, -0.15) is 22.0 Å². The summed E-state index contributed by atoms with van der Waals surface area (Å²) in [6.45, 7) is 0. The lowest BCUT2D eigenvalue weighted by Gasteiger charge is -2.23. The molecular weight excluding hydrogens is 704 g/mol. The molecule has 0 saturated carbocycles. The van der Waals surface area contributed by atoms with Gasteiger partial charge in [-0.25, -0.2) is 61.5 Å². The van der Waals surface area contributed by atoms with Crippen LogP contribution in [0.25, 0.3) is 11.1 Å². The van der Waals surface area contributed by atoms with E-state index in [9.17, 15) is 70.2 Å². The molecule has 0 unspecified atom stereocenters. The lowest BCUT2D eigenvalue weighted by atomic mass is 9.77. The van der Waals surface area contributed by atoms with E-state index in [1.165, 1.54) is 0 Å². The van der Waals surface area contributed by atoms with Crippen molar-refractivity contribution in [1.29, 1.82) is 0 Å². The van der Waals surface area contributed by atoms with Gasteiger partial charge in [-0.3, -0.25) is 0 Å². The Balaban J connectivity index is 1.87. The van der Waals surface area contributed by atoms with Crippen molar-refractivity contribution in [3.63, 3.8) is 0 Å². The minimum absolute atomic E-state index is 2.36. The van der Waals surface area contributed by atoms with Gasteiger partial charge in [-0.05, 0) is 0 Å². The zero-order chi connectivity index (χ0) is 35.3. The Bertz CT molecular complexity index is 2010. The van der Waals surface area contributed by atoms with Crippen LogP contribution in [0.2, 0.25) is 0 Å². The Hall–Kier alpha value is -4.79. The molecule has 0 aliphatic heterocycles. The van der Waals surface area contributed by atoms with Crippen LogP contribution in [0.3, 0.4) is 0 Å². The summed E-state index contributed by atoms with van der Waals surface area (Å²) in [4.78, 5) is 0. The minimum atomic E-state index is -5.62. The van der Waals surface area contributed by atoms with Crippen molar-refractivity contribution in [3.8, 4) is 22.6 Å². The molecule has 5 rings (SSSR count). The molecule has 248 valence electrons. The van der Waals surface area contributed by atoms with E-state index >= 15 is 13.2 Å². The van der Waals surface area contributed by atoms with Crippen LogP contribution in [0.5, 0.6) is 11.5 Å². The maximum absolute atomic E-state index is 15.5. The van der Waals surface area contributed by atoms with Crippen molar-refractivity contribution < 1.29 is 92.7 Å². The molecule has 2 nitrogen and oxygen atoms in total. The maximum atomic E-state index is 15.5. The fraction of sp³-hybridized carbons (Fsp3) is 0.0400.